The maximum Gasteiger partial charge on any atom is 0.310 e. The number of esters is 1. The standard InChI is InChI=1S/C29H28ClN3O3S/c1-3-5-23-27(26(34)16-8-10-19(30)11-9-16)37-29(32-23)33-15-18(28(35)36-2)12-21-20-6-4-7-22-25(20)17(14-31-22)13-24(21)33/h4,6-11,14,18,21,24,31H,3,5,12-13,15H2,1-2H3/t18-,21-,24-/m1/s1. The smallest absolute Gasteiger partial charge is 0.310 e. The highest BCUT2D eigenvalue weighted by Gasteiger charge is 2.44. The molecule has 3 heterocycles. The summed E-state index contributed by atoms with van der Waals surface area (Å²) in [5.41, 5.74) is 5.11. The molecule has 2 aromatic carbocycles. The van der Waals surface area contributed by atoms with Crippen molar-refractivity contribution in [2.75, 3.05) is 18.6 Å². The first kappa shape index (κ1) is 24.2. The normalized spacial score (nSPS) is 20.6. The molecular weight excluding hydrogens is 506 g/mol. The predicted octanol–water partition coefficient (Wildman–Crippen LogP) is 6.17. The molecule has 0 saturated carbocycles. The van der Waals surface area contributed by atoms with Gasteiger partial charge in [0.25, 0.3) is 0 Å². The van der Waals surface area contributed by atoms with Crippen LogP contribution in [-0.2, 0) is 22.4 Å². The monoisotopic (exact) mass is 533 g/mol. The van der Waals surface area contributed by atoms with E-state index in [1.54, 1.807) is 24.3 Å². The van der Waals surface area contributed by atoms with E-state index in [1.165, 1.54) is 35.0 Å². The minimum Gasteiger partial charge on any atom is -0.469 e. The minimum absolute atomic E-state index is 0.0386. The lowest BCUT2D eigenvalue weighted by Gasteiger charge is -2.46. The number of hydrogen-bond acceptors (Lipinski definition) is 6. The number of H-pyrrole nitrogens is 1. The predicted molar refractivity (Wildman–Crippen MR) is 147 cm³/mol. The number of nitrogens with zero attached hydrogens (tertiary/aromatic N) is 2. The van der Waals surface area contributed by atoms with Crippen molar-refractivity contribution >= 4 is 50.7 Å². The minimum atomic E-state index is -0.268. The molecule has 0 unspecified atom stereocenters. The van der Waals surface area contributed by atoms with E-state index in [9.17, 15) is 9.59 Å². The van der Waals surface area contributed by atoms with E-state index in [0.717, 1.165) is 42.0 Å². The van der Waals surface area contributed by atoms with Crippen LogP contribution in [0, 0.1) is 5.92 Å². The number of aryl methyl sites for hydroxylation is 1. The number of halogens is 1. The maximum atomic E-state index is 13.5. The molecule has 2 aliphatic rings. The Labute approximate surface area is 224 Å². The number of methoxy groups -OCH3 is 1. The van der Waals surface area contributed by atoms with Gasteiger partial charge in [-0.3, -0.25) is 9.59 Å². The van der Waals surface area contributed by atoms with Crippen LogP contribution in [-0.4, -0.2) is 41.4 Å². The summed E-state index contributed by atoms with van der Waals surface area (Å²) < 4.78 is 5.20. The Hall–Kier alpha value is -3.16. The van der Waals surface area contributed by atoms with Crippen molar-refractivity contribution in [2.24, 2.45) is 5.92 Å². The van der Waals surface area contributed by atoms with Crippen molar-refractivity contribution in [1.82, 2.24) is 9.97 Å². The third-order valence-electron chi connectivity index (χ3n) is 7.73. The molecule has 37 heavy (non-hydrogen) atoms. The lowest BCUT2D eigenvalue weighted by Crippen LogP contribution is -2.52. The van der Waals surface area contributed by atoms with Crippen molar-refractivity contribution in [3.05, 3.63) is 80.9 Å². The molecule has 0 spiro atoms. The molecule has 3 atom stereocenters. The molecule has 1 aliphatic heterocycles. The average molecular weight is 534 g/mol. The molecule has 0 bridgehead atoms. The lowest BCUT2D eigenvalue weighted by molar-refractivity contribution is -0.146. The Morgan fingerprint density at radius 3 is 2.78 bits per heavy atom. The van der Waals surface area contributed by atoms with Gasteiger partial charge in [-0.15, -0.1) is 0 Å². The van der Waals surface area contributed by atoms with Gasteiger partial charge in [-0.2, -0.15) is 0 Å². The van der Waals surface area contributed by atoms with Gasteiger partial charge < -0.3 is 14.6 Å². The van der Waals surface area contributed by atoms with Crippen LogP contribution in [0.2, 0.25) is 5.02 Å². The molecule has 0 amide bonds. The molecule has 8 heteroatoms. The molecule has 190 valence electrons. The topological polar surface area (TPSA) is 75.3 Å². The number of thiazole rings is 1. The fraction of sp³-hybridized carbons (Fsp3) is 0.345. The first-order chi connectivity index (χ1) is 18.0. The largest absolute Gasteiger partial charge is 0.469 e. The highest BCUT2D eigenvalue weighted by Crippen LogP contribution is 2.47. The summed E-state index contributed by atoms with van der Waals surface area (Å²) in [6.07, 6.45) is 5.30. The van der Waals surface area contributed by atoms with Crippen molar-refractivity contribution < 1.29 is 14.3 Å². The number of aromatic nitrogens is 2. The number of ketones is 1. The number of ether oxygens (including phenoxy) is 1. The van der Waals surface area contributed by atoms with Gasteiger partial charge in [-0.05, 0) is 60.7 Å². The van der Waals surface area contributed by atoms with Crippen LogP contribution in [0.15, 0.2) is 48.7 Å². The van der Waals surface area contributed by atoms with Gasteiger partial charge in [0.1, 0.15) is 4.88 Å². The molecule has 1 saturated heterocycles. The van der Waals surface area contributed by atoms with Crippen LogP contribution in [0.1, 0.15) is 57.7 Å². The number of hydrogen-bond donors (Lipinski definition) is 1. The van der Waals surface area contributed by atoms with E-state index >= 15 is 0 Å². The SMILES string of the molecule is CCCc1nc(N2C[C@H](C(=O)OC)C[C@@H]3c4cccc5[nH]cc(c45)C[C@H]32)sc1C(=O)c1ccc(Cl)cc1. The Bertz CT molecular complexity index is 1490. The van der Waals surface area contributed by atoms with Crippen LogP contribution >= 0.6 is 22.9 Å². The lowest BCUT2D eigenvalue weighted by atomic mass is 9.72. The van der Waals surface area contributed by atoms with Gasteiger partial charge in [-0.25, -0.2) is 4.98 Å². The first-order valence-corrected chi connectivity index (χ1v) is 13.9. The second-order valence-corrected chi connectivity index (χ2v) is 11.3. The highest BCUT2D eigenvalue weighted by molar-refractivity contribution is 7.17. The van der Waals surface area contributed by atoms with Gasteiger partial charge in [0.15, 0.2) is 5.13 Å². The Balaban J connectivity index is 1.43. The number of carbonyl (C=O) groups excluding carboxylic acids is 2. The van der Waals surface area contributed by atoms with Crippen LogP contribution < -0.4 is 4.90 Å². The van der Waals surface area contributed by atoms with E-state index in [1.807, 2.05) is 0 Å². The van der Waals surface area contributed by atoms with E-state index in [-0.39, 0.29) is 29.6 Å². The number of fused-ring (bicyclic) bond motifs is 2. The number of benzene rings is 2. The van der Waals surface area contributed by atoms with Gasteiger partial charge in [-0.1, -0.05) is 48.4 Å². The third-order valence-corrected chi connectivity index (χ3v) is 9.12. The molecule has 1 N–H and O–H groups in total. The van der Waals surface area contributed by atoms with Crippen LogP contribution in [0.25, 0.3) is 10.9 Å². The van der Waals surface area contributed by atoms with E-state index in [0.29, 0.717) is 22.0 Å². The maximum absolute atomic E-state index is 13.5. The molecular formula is C29H28ClN3O3S. The van der Waals surface area contributed by atoms with Gasteiger partial charge in [0.2, 0.25) is 5.78 Å². The molecule has 1 fully saturated rings. The molecule has 0 radical (unpaired) electrons. The molecule has 1 aliphatic carbocycles. The number of piperidine rings is 1. The van der Waals surface area contributed by atoms with E-state index in [2.05, 4.69) is 41.2 Å². The molecule has 4 aromatic rings. The van der Waals surface area contributed by atoms with Crippen molar-refractivity contribution in [1.29, 1.82) is 0 Å². The summed E-state index contributed by atoms with van der Waals surface area (Å²) in [6.45, 7) is 2.62. The second-order valence-electron chi connectivity index (χ2n) is 9.93. The highest BCUT2D eigenvalue weighted by atomic mass is 35.5. The molecule has 6 nitrogen and oxygen atoms in total. The summed E-state index contributed by atoms with van der Waals surface area (Å²) in [7, 11) is 1.45. The Kier molecular flexibility index (Phi) is 6.29. The third kappa shape index (κ3) is 4.14. The van der Waals surface area contributed by atoms with Crippen LogP contribution in [0.4, 0.5) is 5.13 Å². The number of carbonyl (C=O) groups is 2. The van der Waals surface area contributed by atoms with Crippen LogP contribution in [0.5, 0.6) is 0 Å². The summed E-state index contributed by atoms with van der Waals surface area (Å²) in [5, 5.41) is 2.68. The zero-order valence-electron chi connectivity index (χ0n) is 20.8. The summed E-state index contributed by atoms with van der Waals surface area (Å²) in [5.74, 6) is -0.337. The zero-order valence-corrected chi connectivity index (χ0v) is 22.4. The Morgan fingerprint density at radius 2 is 2.03 bits per heavy atom. The quantitative estimate of drug-likeness (QED) is 0.237. The fourth-order valence-corrected chi connectivity index (χ4v) is 7.30. The van der Waals surface area contributed by atoms with Gasteiger partial charge in [0.05, 0.1) is 18.7 Å². The summed E-state index contributed by atoms with van der Waals surface area (Å²) in [6, 6.07) is 13.5. The zero-order chi connectivity index (χ0) is 25.7. The summed E-state index contributed by atoms with van der Waals surface area (Å²) >= 11 is 7.49. The van der Waals surface area contributed by atoms with Gasteiger partial charge >= 0.3 is 5.97 Å². The van der Waals surface area contributed by atoms with E-state index < -0.39 is 0 Å². The molecule has 6 rings (SSSR count). The number of anilines is 1. The Morgan fingerprint density at radius 1 is 1.22 bits per heavy atom. The van der Waals surface area contributed by atoms with Gasteiger partial charge in [0, 0.05) is 46.2 Å². The number of nitrogens with one attached hydrogen (secondary N) is 1. The number of rotatable bonds is 6. The fourth-order valence-electron chi connectivity index (χ4n) is 6.03. The number of aromatic amines is 1. The second kappa shape index (κ2) is 9.62. The van der Waals surface area contributed by atoms with Crippen LogP contribution in [0.3, 0.4) is 0 Å². The van der Waals surface area contributed by atoms with Crippen molar-refractivity contribution in [3.63, 3.8) is 0 Å². The van der Waals surface area contributed by atoms with Crippen molar-refractivity contribution in [2.45, 2.75) is 44.6 Å². The van der Waals surface area contributed by atoms with Crippen molar-refractivity contribution in [3.8, 4) is 0 Å². The first-order valence-electron chi connectivity index (χ1n) is 12.7. The van der Waals surface area contributed by atoms with E-state index in [4.69, 9.17) is 21.3 Å². The average Bonchev–Trinajstić information content (AvgIpc) is 3.53. The summed E-state index contributed by atoms with van der Waals surface area (Å²) in [4.78, 5) is 37.7. The molecule has 2 aromatic heterocycles.